The fourth-order valence-electron chi connectivity index (χ4n) is 4.31. The number of nitrogens with one attached hydrogen (secondary N) is 1. The summed E-state index contributed by atoms with van der Waals surface area (Å²) >= 11 is 0. The number of carbonyl (C=O) groups excluding carboxylic acids is 2. The van der Waals surface area contributed by atoms with Gasteiger partial charge in [-0.1, -0.05) is 18.9 Å². The van der Waals surface area contributed by atoms with Gasteiger partial charge in [0.15, 0.2) is 0 Å². The maximum absolute atomic E-state index is 13.1. The molecule has 6 heteroatoms. The first-order valence-corrected chi connectivity index (χ1v) is 9.14. The summed E-state index contributed by atoms with van der Waals surface area (Å²) in [6.45, 7) is 1.50. The van der Waals surface area contributed by atoms with Crippen molar-refractivity contribution < 1.29 is 14.3 Å². The van der Waals surface area contributed by atoms with Crippen LogP contribution in [0.15, 0.2) is 24.4 Å². The second-order valence-corrected chi connectivity index (χ2v) is 7.00. The van der Waals surface area contributed by atoms with E-state index in [9.17, 15) is 9.59 Å². The van der Waals surface area contributed by atoms with Crippen LogP contribution in [-0.4, -0.2) is 48.0 Å². The smallest absolute Gasteiger partial charge is 0.228 e. The Kier molecular flexibility index (Phi) is 5.68. The molecule has 2 heterocycles. The Morgan fingerprint density at radius 3 is 3.04 bits per heavy atom. The highest BCUT2D eigenvalue weighted by Crippen LogP contribution is 2.46. The lowest BCUT2D eigenvalue weighted by atomic mass is 9.64. The number of nitrogens with zero attached hydrogens (tertiary/aromatic N) is 2. The van der Waals surface area contributed by atoms with Crippen molar-refractivity contribution in [1.82, 2.24) is 15.2 Å². The normalized spacial score (nSPS) is 26.2. The van der Waals surface area contributed by atoms with Crippen LogP contribution in [-0.2, 0) is 20.9 Å². The zero-order valence-electron chi connectivity index (χ0n) is 14.9. The van der Waals surface area contributed by atoms with E-state index >= 15 is 0 Å². The minimum absolute atomic E-state index is 0.0126. The molecule has 1 aromatic rings. The summed E-state index contributed by atoms with van der Waals surface area (Å²) in [5, 5.41) is 3.08. The Labute approximate surface area is 148 Å². The monoisotopic (exact) mass is 345 g/mol. The highest BCUT2D eigenvalue weighted by molar-refractivity contribution is 5.88. The summed E-state index contributed by atoms with van der Waals surface area (Å²) in [6.07, 6.45) is 6.67. The van der Waals surface area contributed by atoms with E-state index in [4.69, 9.17) is 4.74 Å². The van der Waals surface area contributed by atoms with Crippen LogP contribution in [0.2, 0.25) is 0 Å². The number of hydrogen-bond acceptors (Lipinski definition) is 4. The number of aromatic nitrogens is 1. The van der Waals surface area contributed by atoms with Gasteiger partial charge < -0.3 is 15.0 Å². The number of rotatable bonds is 6. The molecule has 3 rings (SSSR count). The van der Waals surface area contributed by atoms with E-state index in [0.717, 1.165) is 31.4 Å². The third-order valence-electron chi connectivity index (χ3n) is 5.61. The van der Waals surface area contributed by atoms with Crippen LogP contribution < -0.4 is 5.32 Å². The topological polar surface area (TPSA) is 71.5 Å². The molecule has 136 valence electrons. The fourth-order valence-corrected chi connectivity index (χ4v) is 4.31. The van der Waals surface area contributed by atoms with Gasteiger partial charge >= 0.3 is 0 Å². The number of likely N-dealkylation sites (tertiary alicyclic amines) is 1. The predicted molar refractivity (Wildman–Crippen MR) is 93.6 cm³/mol. The number of ether oxygens (including phenoxy) is 1. The van der Waals surface area contributed by atoms with Crippen molar-refractivity contribution in [1.29, 1.82) is 0 Å². The van der Waals surface area contributed by atoms with Crippen molar-refractivity contribution in [2.45, 2.75) is 51.1 Å². The Morgan fingerprint density at radius 1 is 1.40 bits per heavy atom. The van der Waals surface area contributed by atoms with Gasteiger partial charge in [0.25, 0.3) is 0 Å². The van der Waals surface area contributed by atoms with E-state index in [0.29, 0.717) is 32.5 Å². The molecule has 1 saturated carbocycles. The van der Waals surface area contributed by atoms with Crippen LogP contribution in [0.4, 0.5) is 0 Å². The van der Waals surface area contributed by atoms with Crippen LogP contribution in [0.25, 0.3) is 0 Å². The first-order chi connectivity index (χ1) is 12.2. The van der Waals surface area contributed by atoms with Crippen LogP contribution >= 0.6 is 0 Å². The van der Waals surface area contributed by atoms with E-state index in [1.807, 2.05) is 23.1 Å². The van der Waals surface area contributed by atoms with E-state index < -0.39 is 5.41 Å². The van der Waals surface area contributed by atoms with Gasteiger partial charge in [0.1, 0.15) is 0 Å². The first-order valence-electron chi connectivity index (χ1n) is 9.14. The number of hydrogen-bond donors (Lipinski definition) is 1. The Balaban J connectivity index is 1.75. The van der Waals surface area contributed by atoms with Crippen molar-refractivity contribution in [2.75, 3.05) is 20.3 Å². The summed E-state index contributed by atoms with van der Waals surface area (Å²) in [4.78, 5) is 31.7. The van der Waals surface area contributed by atoms with Gasteiger partial charge in [-0.3, -0.25) is 14.6 Å². The molecule has 2 atom stereocenters. The standard InChI is InChI=1S/C19H27N3O3/c1-25-13-12-22-16-7-2-4-9-19(16,10-8-17(22)23)18(24)21-14-15-6-3-5-11-20-15/h3,5-6,11,16H,2,4,7-10,12-14H2,1H3,(H,21,24)/t16-,19-/m1/s1. The molecule has 0 bridgehead atoms. The second-order valence-electron chi connectivity index (χ2n) is 7.00. The third-order valence-corrected chi connectivity index (χ3v) is 5.61. The molecule has 1 aromatic heterocycles. The molecule has 1 saturated heterocycles. The summed E-state index contributed by atoms with van der Waals surface area (Å²) in [5.74, 6) is 0.217. The maximum atomic E-state index is 13.1. The predicted octanol–water partition coefficient (Wildman–Crippen LogP) is 1.90. The molecule has 1 aliphatic heterocycles. The number of pyridine rings is 1. The first kappa shape index (κ1) is 17.9. The highest BCUT2D eigenvalue weighted by Gasteiger charge is 2.52. The number of carbonyl (C=O) groups is 2. The number of methoxy groups -OCH3 is 1. The van der Waals surface area contributed by atoms with Gasteiger partial charge in [-0.25, -0.2) is 0 Å². The van der Waals surface area contributed by atoms with Gasteiger partial charge in [0, 0.05) is 32.3 Å². The highest BCUT2D eigenvalue weighted by atomic mass is 16.5. The Bertz CT molecular complexity index is 607. The molecule has 2 amide bonds. The zero-order valence-corrected chi connectivity index (χ0v) is 14.9. The second kappa shape index (κ2) is 7.95. The van der Waals surface area contributed by atoms with E-state index in [1.54, 1.807) is 13.3 Å². The number of fused-ring (bicyclic) bond motifs is 1. The fraction of sp³-hybridized carbons (Fsp3) is 0.632. The lowest BCUT2D eigenvalue weighted by Gasteiger charge is -2.51. The van der Waals surface area contributed by atoms with Gasteiger partial charge in [-0.15, -0.1) is 0 Å². The molecule has 0 radical (unpaired) electrons. The quantitative estimate of drug-likeness (QED) is 0.855. The molecule has 0 aromatic carbocycles. The Hall–Kier alpha value is -1.95. The van der Waals surface area contributed by atoms with Crippen LogP contribution in [0.5, 0.6) is 0 Å². The summed E-state index contributed by atoms with van der Waals surface area (Å²) in [5.41, 5.74) is 0.386. The van der Waals surface area contributed by atoms with Crippen molar-refractivity contribution in [2.24, 2.45) is 5.41 Å². The molecule has 0 unspecified atom stereocenters. The van der Waals surface area contributed by atoms with Crippen LogP contribution in [0.3, 0.4) is 0 Å². The molecule has 2 aliphatic rings. The lowest BCUT2D eigenvalue weighted by Crippen LogP contribution is -2.62. The molecule has 6 nitrogen and oxygen atoms in total. The van der Waals surface area contributed by atoms with Gasteiger partial charge in [0.05, 0.1) is 24.3 Å². The number of piperidine rings is 1. The molecular weight excluding hydrogens is 318 g/mol. The summed E-state index contributed by atoms with van der Waals surface area (Å²) < 4.78 is 5.17. The van der Waals surface area contributed by atoms with Crippen LogP contribution in [0, 0.1) is 5.41 Å². The summed E-state index contributed by atoms with van der Waals surface area (Å²) in [6, 6.07) is 5.68. The molecule has 2 fully saturated rings. The van der Waals surface area contributed by atoms with Gasteiger partial charge in [0.2, 0.25) is 11.8 Å². The van der Waals surface area contributed by atoms with E-state index in [2.05, 4.69) is 10.3 Å². The van der Waals surface area contributed by atoms with Crippen LogP contribution in [0.1, 0.15) is 44.2 Å². The molecule has 0 spiro atoms. The largest absolute Gasteiger partial charge is 0.383 e. The van der Waals surface area contributed by atoms with Gasteiger partial charge in [-0.05, 0) is 31.4 Å². The molecule has 1 aliphatic carbocycles. The zero-order chi connectivity index (χ0) is 17.7. The van der Waals surface area contributed by atoms with E-state index in [1.165, 1.54) is 0 Å². The van der Waals surface area contributed by atoms with Crippen molar-refractivity contribution in [3.8, 4) is 0 Å². The van der Waals surface area contributed by atoms with Crippen molar-refractivity contribution in [3.05, 3.63) is 30.1 Å². The molecular formula is C19H27N3O3. The SMILES string of the molecule is COCCN1C(=O)CC[C@]2(C(=O)NCc3ccccn3)CCCC[C@@H]12. The lowest BCUT2D eigenvalue weighted by molar-refractivity contribution is -0.156. The maximum Gasteiger partial charge on any atom is 0.228 e. The van der Waals surface area contributed by atoms with E-state index in [-0.39, 0.29) is 17.9 Å². The van der Waals surface area contributed by atoms with Crippen molar-refractivity contribution >= 4 is 11.8 Å². The van der Waals surface area contributed by atoms with Gasteiger partial charge in [-0.2, -0.15) is 0 Å². The molecule has 25 heavy (non-hydrogen) atoms. The number of amides is 2. The van der Waals surface area contributed by atoms with Crippen molar-refractivity contribution in [3.63, 3.8) is 0 Å². The minimum Gasteiger partial charge on any atom is -0.383 e. The average molecular weight is 345 g/mol. The summed E-state index contributed by atoms with van der Waals surface area (Å²) in [7, 11) is 1.64. The average Bonchev–Trinajstić information content (AvgIpc) is 2.66. The molecule has 1 N–H and O–H groups in total. The third kappa shape index (κ3) is 3.68. The minimum atomic E-state index is -0.464. The Morgan fingerprint density at radius 2 is 2.28 bits per heavy atom.